The highest BCUT2D eigenvalue weighted by Gasteiger charge is 2.06. The first-order valence-electron chi connectivity index (χ1n) is 4.92. The number of thiophene rings is 1. The first-order valence-corrected chi connectivity index (χ1v) is 6.74. The number of nitrogens with one attached hydrogen (secondary N) is 1. The van der Waals surface area contributed by atoms with E-state index in [1.54, 1.807) is 22.7 Å². The van der Waals surface area contributed by atoms with E-state index in [0.717, 1.165) is 17.2 Å². The molecule has 4 heteroatoms. The maximum absolute atomic E-state index is 4.42. The van der Waals surface area contributed by atoms with E-state index in [0.29, 0.717) is 6.04 Å². The second kappa shape index (κ2) is 4.88. The van der Waals surface area contributed by atoms with Gasteiger partial charge in [0.15, 0.2) is 0 Å². The van der Waals surface area contributed by atoms with Crippen LogP contribution in [0.3, 0.4) is 0 Å². The molecule has 2 nitrogen and oxygen atoms in total. The van der Waals surface area contributed by atoms with Gasteiger partial charge in [-0.05, 0) is 36.2 Å². The second-order valence-corrected chi connectivity index (χ2v) is 5.26. The van der Waals surface area contributed by atoms with Crippen molar-refractivity contribution in [3.05, 3.63) is 38.5 Å². The quantitative estimate of drug-likeness (QED) is 0.883. The van der Waals surface area contributed by atoms with E-state index in [1.807, 2.05) is 6.92 Å². The van der Waals surface area contributed by atoms with Gasteiger partial charge in [0.1, 0.15) is 5.01 Å². The summed E-state index contributed by atoms with van der Waals surface area (Å²) < 4.78 is 0. The molecule has 0 bridgehead atoms. The molecule has 2 aromatic heterocycles. The predicted molar refractivity (Wildman–Crippen MR) is 66.4 cm³/mol. The standard InChI is InChI=1S/C11H14N2S2/c1-8-6-15-11(13-8)5-12-9(2)10-3-4-14-7-10/h3-4,6-7,9,12H,5H2,1-2H3. The fourth-order valence-corrected chi connectivity index (χ4v) is 2.84. The molecular formula is C11H14N2S2. The summed E-state index contributed by atoms with van der Waals surface area (Å²) in [6.07, 6.45) is 0. The van der Waals surface area contributed by atoms with Gasteiger partial charge in [-0.2, -0.15) is 11.3 Å². The smallest absolute Gasteiger partial charge is 0.107 e. The molecule has 1 unspecified atom stereocenters. The van der Waals surface area contributed by atoms with Crippen molar-refractivity contribution >= 4 is 22.7 Å². The number of hydrogen-bond acceptors (Lipinski definition) is 4. The molecule has 0 radical (unpaired) electrons. The van der Waals surface area contributed by atoms with Crippen LogP contribution in [0.2, 0.25) is 0 Å². The zero-order valence-electron chi connectivity index (χ0n) is 8.86. The van der Waals surface area contributed by atoms with Crippen LogP contribution < -0.4 is 5.32 Å². The van der Waals surface area contributed by atoms with Crippen molar-refractivity contribution in [2.24, 2.45) is 0 Å². The molecular weight excluding hydrogens is 224 g/mol. The molecule has 0 aliphatic heterocycles. The van der Waals surface area contributed by atoms with Crippen LogP contribution in [0.1, 0.15) is 29.2 Å². The van der Waals surface area contributed by atoms with Crippen molar-refractivity contribution in [2.75, 3.05) is 0 Å². The number of aromatic nitrogens is 1. The SMILES string of the molecule is Cc1csc(CNC(C)c2ccsc2)n1. The van der Waals surface area contributed by atoms with E-state index in [-0.39, 0.29) is 0 Å². The fourth-order valence-electron chi connectivity index (χ4n) is 1.36. The summed E-state index contributed by atoms with van der Waals surface area (Å²) >= 11 is 3.46. The van der Waals surface area contributed by atoms with Gasteiger partial charge < -0.3 is 5.32 Å². The van der Waals surface area contributed by atoms with Crippen molar-refractivity contribution < 1.29 is 0 Å². The van der Waals surface area contributed by atoms with E-state index < -0.39 is 0 Å². The Morgan fingerprint density at radius 2 is 2.33 bits per heavy atom. The Morgan fingerprint density at radius 3 is 2.93 bits per heavy atom. The maximum atomic E-state index is 4.42. The lowest BCUT2D eigenvalue weighted by molar-refractivity contribution is 0.574. The highest BCUT2D eigenvalue weighted by Crippen LogP contribution is 2.16. The van der Waals surface area contributed by atoms with Crippen LogP contribution in [-0.4, -0.2) is 4.98 Å². The molecule has 2 heterocycles. The van der Waals surface area contributed by atoms with Crippen LogP contribution in [0, 0.1) is 6.92 Å². The molecule has 0 aliphatic carbocycles. The largest absolute Gasteiger partial charge is 0.304 e. The normalized spacial score (nSPS) is 12.9. The number of aryl methyl sites for hydroxylation is 1. The third kappa shape index (κ3) is 2.87. The first kappa shape index (κ1) is 10.8. The highest BCUT2D eigenvalue weighted by molar-refractivity contribution is 7.09. The molecule has 80 valence electrons. The van der Waals surface area contributed by atoms with Gasteiger partial charge in [0.05, 0.1) is 0 Å². The minimum absolute atomic E-state index is 0.403. The molecule has 0 aromatic carbocycles. The average Bonchev–Trinajstić information content (AvgIpc) is 2.84. The number of thiazole rings is 1. The van der Waals surface area contributed by atoms with Gasteiger partial charge in [0, 0.05) is 23.7 Å². The van der Waals surface area contributed by atoms with E-state index in [1.165, 1.54) is 5.56 Å². The molecule has 0 fully saturated rings. The predicted octanol–water partition coefficient (Wildman–Crippen LogP) is 3.36. The third-order valence-corrected chi connectivity index (χ3v) is 3.94. The Labute approximate surface area is 98.0 Å². The zero-order chi connectivity index (χ0) is 10.7. The van der Waals surface area contributed by atoms with Crippen LogP contribution in [0.25, 0.3) is 0 Å². The van der Waals surface area contributed by atoms with E-state index in [9.17, 15) is 0 Å². The topological polar surface area (TPSA) is 24.9 Å². The molecule has 0 spiro atoms. The van der Waals surface area contributed by atoms with Gasteiger partial charge >= 0.3 is 0 Å². The lowest BCUT2D eigenvalue weighted by Gasteiger charge is -2.10. The van der Waals surface area contributed by atoms with Crippen molar-refractivity contribution in [3.63, 3.8) is 0 Å². The Bertz CT molecular complexity index is 406. The van der Waals surface area contributed by atoms with E-state index >= 15 is 0 Å². The van der Waals surface area contributed by atoms with E-state index in [4.69, 9.17) is 0 Å². The molecule has 0 aliphatic rings. The van der Waals surface area contributed by atoms with Crippen LogP contribution in [0.4, 0.5) is 0 Å². The lowest BCUT2D eigenvalue weighted by atomic mass is 10.2. The summed E-state index contributed by atoms with van der Waals surface area (Å²) in [7, 11) is 0. The summed E-state index contributed by atoms with van der Waals surface area (Å²) in [5.74, 6) is 0. The minimum Gasteiger partial charge on any atom is -0.304 e. The average molecular weight is 238 g/mol. The maximum Gasteiger partial charge on any atom is 0.107 e. The second-order valence-electron chi connectivity index (χ2n) is 3.54. The van der Waals surface area contributed by atoms with Gasteiger partial charge in [0.2, 0.25) is 0 Å². The summed E-state index contributed by atoms with van der Waals surface area (Å²) in [6, 6.07) is 2.57. The molecule has 1 atom stereocenters. The van der Waals surface area contributed by atoms with Gasteiger partial charge in [0.25, 0.3) is 0 Å². The Kier molecular flexibility index (Phi) is 3.51. The monoisotopic (exact) mass is 238 g/mol. The van der Waals surface area contributed by atoms with Crippen molar-refractivity contribution in [2.45, 2.75) is 26.4 Å². The Hall–Kier alpha value is -0.710. The molecule has 1 N–H and O–H groups in total. The van der Waals surface area contributed by atoms with Crippen molar-refractivity contribution in [1.82, 2.24) is 10.3 Å². The third-order valence-electron chi connectivity index (χ3n) is 2.27. The summed E-state index contributed by atoms with van der Waals surface area (Å²) in [4.78, 5) is 4.42. The zero-order valence-corrected chi connectivity index (χ0v) is 10.5. The van der Waals surface area contributed by atoms with Crippen LogP contribution in [0.15, 0.2) is 22.2 Å². The van der Waals surface area contributed by atoms with Gasteiger partial charge in [-0.1, -0.05) is 0 Å². The molecule has 0 saturated carbocycles. The van der Waals surface area contributed by atoms with Crippen LogP contribution in [0.5, 0.6) is 0 Å². The van der Waals surface area contributed by atoms with Crippen molar-refractivity contribution in [3.8, 4) is 0 Å². The van der Waals surface area contributed by atoms with Crippen LogP contribution >= 0.6 is 22.7 Å². The first-order chi connectivity index (χ1) is 7.25. The molecule has 2 rings (SSSR count). The van der Waals surface area contributed by atoms with Crippen LogP contribution in [-0.2, 0) is 6.54 Å². The van der Waals surface area contributed by atoms with Gasteiger partial charge in [-0.15, -0.1) is 11.3 Å². The highest BCUT2D eigenvalue weighted by atomic mass is 32.1. The molecule has 0 saturated heterocycles. The Balaban J connectivity index is 1.88. The van der Waals surface area contributed by atoms with E-state index in [2.05, 4.69) is 39.4 Å². The van der Waals surface area contributed by atoms with Gasteiger partial charge in [-0.25, -0.2) is 4.98 Å². The Morgan fingerprint density at radius 1 is 1.47 bits per heavy atom. The number of nitrogens with zero attached hydrogens (tertiary/aromatic N) is 1. The molecule has 2 aromatic rings. The lowest BCUT2D eigenvalue weighted by Crippen LogP contribution is -2.17. The fraction of sp³-hybridized carbons (Fsp3) is 0.364. The summed E-state index contributed by atoms with van der Waals surface area (Å²) in [5.41, 5.74) is 2.47. The summed E-state index contributed by atoms with van der Waals surface area (Å²) in [6.45, 7) is 5.07. The molecule has 0 amide bonds. The van der Waals surface area contributed by atoms with Gasteiger partial charge in [-0.3, -0.25) is 0 Å². The summed E-state index contributed by atoms with van der Waals surface area (Å²) in [5, 5.41) is 11.0. The number of rotatable bonds is 4. The number of hydrogen-bond donors (Lipinski definition) is 1. The van der Waals surface area contributed by atoms with Crippen molar-refractivity contribution in [1.29, 1.82) is 0 Å². The molecule has 15 heavy (non-hydrogen) atoms. The minimum atomic E-state index is 0.403.